The topological polar surface area (TPSA) is 63.2 Å². The largest absolute Gasteiger partial charge is 0.482 e. The number of carbonyl (C=O) groups is 1. The molecule has 0 aliphatic carbocycles. The van der Waals surface area contributed by atoms with E-state index >= 15 is 0 Å². The summed E-state index contributed by atoms with van der Waals surface area (Å²) in [6, 6.07) is 8.41. The first-order chi connectivity index (χ1) is 11.1. The van der Waals surface area contributed by atoms with E-state index in [1.54, 1.807) is 30.5 Å². The number of halogens is 2. The average Bonchev–Trinajstić information content (AvgIpc) is 2.53. The van der Waals surface area contributed by atoms with Crippen LogP contribution < -0.4 is 15.4 Å². The lowest BCUT2D eigenvalue weighted by molar-refractivity contribution is -0.118. The highest BCUT2D eigenvalue weighted by Gasteiger charge is 2.07. The minimum atomic E-state index is -0.299. The summed E-state index contributed by atoms with van der Waals surface area (Å²) in [5, 5.41) is 6.73. The Morgan fingerprint density at radius 3 is 2.74 bits per heavy atom. The van der Waals surface area contributed by atoms with Crippen LogP contribution in [0.4, 0.5) is 11.5 Å². The normalized spacial score (nSPS) is 10.2. The fraction of sp³-hybridized carbons (Fsp3) is 0.250. The first-order valence-corrected chi connectivity index (χ1v) is 7.91. The van der Waals surface area contributed by atoms with Crippen molar-refractivity contribution in [3.8, 4) is 5.75 Å². The molecule has 1 aromatic heterocycles. The summed E-state index contributed by atoms with van der Waals surface area (Å²) in [6.45, 7) is 2.78. The van der Waals surface area contributed by atoms with Crippen LogP contribution in [0.25, 0.3) is 0 Å². The van der Waals surface area contributed by atoms with Crippen LogP contribution in [-0.2, 0) is 4.79 Å². The van der Waals surface area contributed by atoms with Gasteiger partial charge in [-0.05, 0) is 36.8 Å². The predicted molar refractivity (Wildman–Crippen MR) is 93.6 cm³/mol. The molecule has 2 aromatic rings. The van der Waals surface area contributed by atoms with Crippen molar-refractivity contribution in [3.63, 3.8) is 0 Å². The Morgan fingerprint density at radius 1 is 1.26 bits per heavy atom. The number of rotatable bonds is 7. The zero-order valence-electron chi connectivity index (χ0n) is 12.6. The van der Waals surface area contributed by atoms with Crippen LogP contribution in [0.1, 0.15) is 13.3 Å². The standard InChI is InChI=1S/C16H17Cl2N3O2/c1-2-7-19-15-6-4-12(9-20-15)21-16(22)10-23-14-5-3-11(17)8-13(14)18/h3-6,8-9H,2,7,10H2,1H3,(H,19,20)(H,21,22). The molecule has 0 fully saturated rings. The fourth-order valence-corrected chi connectivity index (χ4v) is 2.22. The van der Waals surface area contributed by atoms with E-state index in [1.165, 1.54) is 0 Å². The van der Waals surface area contributed by atoms with Gasteiger partial charge in [0.25, 0.3) is 5.91 Å². The highest BCUT2D eigenvalue weighted by molar-refractivity contribution is 6.35. The Bertz CT molecular complexity index is 663. The SMILES string of the molecule is CCCNc1ccc(NC(=O)COc2ccc(Cl)cc2Cl)cn1. The monoisotopic (exact) mass is 353 g/mol. The van der Waals surface area contributed by atoms with Crippen molar-refractivity contribution in [1.82, 2.24) is 4.98 Å². The number of aromatic nitrogens is 1. The van der Waals surface area contributed by atoms with E-state index in [1.807, 2.05) is 6.07 Å². The number of pyridine rings is 1. The van der Waals surface area contributed by atoms with Crippen molar-refractivity contribution >= 4 is 40.6 Å². The van der Waals surface area contributed by atoms with Crippen LogP contribution in [0.15, 0.2) is 36.5 Å². The summed E-state index contributed by atoms with van der Waals surface area (Å²) >= 11 is 11.8. The third-order valence-electron chi connectivity index (χ3n) is 2.86. The molecule has 23 heavy (non-hydrogen) atoms. The molecular weight excluding hydrogens is 337 g/mol. The molecule has 1 heterocycles. The second-order valence-electron chi connectivity index (χ2n) is 4.77. The van der Waals surface area contributed by atoms with E-state index in [0.717, 1.165) is 18.8 Å². The third-order valence-corrected chi connectivity index (χ3v) is 3.39. The summed E-state index contributed by atoms with van der Waals surface area (Å²) in [7, 11) is 0. The van der Waals surface area contributed by atoms with Gasteiger partial charge in [0.1, 0.15) is 11.6 Å². The molecule has 122 valence electrons. The van der Waals surface area contributed by atoms with Crippen molar-refractivity contribution in [3.05, 3.63) is 46.6 Å². The maximum Gasteiger partial charge on any atom is 0.262 e. The first-order valence-electron chi connectivity index (χ1n) is 7.16. The molecule has 1 amide bonds. The fourth-order valence-electron chi connectivity index (χ4n) is 1.76. The molecular formula is C16H17Cl2N3O2. The van der Waals surface area contributed by atoms with Gasteiger partial charge in [-0.3, -0.25) is 4.79 Å². The highest BCUT2D eigenvalue weighted by atomic mass is 35.5. The van der Waals surface area contributed by atoms with Gasteiger partial charge in [0.05, 0.1) is 16.9 Å². The van der Waals surface area contributed by atoms with Crippen LogP contribution in [0, 0.1) is 0 Å². The molecule has 0 saturated heterocycles. The zero-order chi connectivity index (χ0) is 16.7. The molecule has 0 aliphatic heterocycles. The van der Waals surface area contributed by atoms with Crippen molar-refractivity contribution in [1.29, 1.82) is 0 Å². The van der Waals surface area contributed by atoms with E-state index in [9.17, 15) is 4.79 Å². The predicted octanol–water partition coefficient (Wildman–Crippen LogP) is 4.23. The number of hydrogen-bond donors (Lipinski definition) is 2. The van der Waals surface area contributed by atoms with Crippen molar-refractivity contribution in [2.75, 3.05) is 23.8 Å². The maximum atomic E-state index is 11.9. The minimum Gasteiger partial charge on any atom is -0.482 e. The molecule has 5 nitrogen and oxygen atoms in total. The molecule has 0 saturated carbocycles. The quantitative estimate of drug-likeness (QED) is 0.781. The molecule has 2 N–H and O–H groups in total. The van der Waals surface area contributed by atoms with Crippen molar-refractivity contribution in [2.45, 2.75) is 13.3 Å². The van der Waals surface area contributed by atoms with Crippen molar-refractivity contribution in [2.24, 2.45) is 0 Å². The van der Waals surface area contributed by atoms with Crippen LogP contribution >= 0.6 is 23.2 Å². The van der Waals surface area contributed by atoms with E-state index in [-0.39, 0.29) is 12.5 Å². The summed E-state index contributed by atoms with van der Waals surface area (Å²) < 4.78 is 5.37. The summed E-state index contributed by atoms with van der Waals surface area (Å²) in [4.78, 5) is 16.1. The van der Waals surface area contributed by atoms with E-state index in [4.69, 9.17) is 27.9 Å². The number of hydrogen-bond acceptors (Lipinski definition) is 4. The van der Waals surface area contributed by atoms with Gasteiger partial charge >= 0.3 is 0 Å². The lowest BCUT2D eigenvalue weighted by Crippen LogP contribution is -2.20. The molecule has 0 atom stereocenters. The number of nitrogens with zero attached hydrogens (tertiary/aromatic N) is 1. The van der Waals surface area contributed by atoms with Gasteiger partial charge in [0.15, 0.2) is 6.61 Å². The van der Waals surface area contributed by atoms with Gasteiger partial charge in [-0.25, -0.2) is 4.98 Å². The average molecular weight is 354 g/mol. The summed E-state index contributed by atoms with van der Waals surface area (Å²) in [6.07, 6.45) is 2.61. The second kappa shape index (κ2) is 8.60. The molecule has 0 bridgehead atoms. The Morgan fingerprint density at radius 2 is 2.09 bits per heavy atom. The van der Waals surface area contributed by atoms with Crippen LogP contribution in [0.2, 0.25) is 10.0 Å². The highest BCUT2D eigenvalue weighted by Crippen LogP contribution is 2.27. The lowest BCUT2D eigenvalue weighted by atomic mass is 10.3. The maximum absolute atomic E-state index is 11.9. The molecule has 0 radical (unpaired) electrons. The van der Waals surface area contributed by atoms with Gasteiger partial charge in [-0.2, -0.15) is 0 Å². The van der Waals surface area contributed by atoms with Crippen LogP contribution in [-0.4, -0.2) is 24.0 Å². The second-order valence-corrected chi connectivity index (χ2v) is 5.61. The molecule has 2 rings (SSSR count). The van der Waals surface area contributed by atoms with Crippen molar-refractivity contribution < 1.29 is 9.53 Å². The number of nitrogens with one attached hydrogen (secondary N) is 2. The van der Waals surface area contributed by atoms with Crippen LogP contribution in [0.5, 0.6) is 5.75 Å². The molecule has 7 heteroatoms. The molecule has 1 aromatic carbocycles. The summed E-state index contributed by atoms with van der Waals surface area (Å²) in [5.74, 6) is 0.879. The Balaban J connectivity index is 1.84. The van der Waals surface area contributed by atoms with Gasteiger partial charge < -0.3 is 15.4 Å². The summed E-state index contributed by atoms with van der Waals surface area (Å²) in [5.41, 5.74) is 0.600. The molecule has 0 unspecified atom stereocenters. The van der Waals surface area contributed by atoms with Crippen LogP contribution in [0.3, 0.4) is 0 Å². The zero-order valence-corrected chi connectivity index (χ0v) is 14.1. The molecule has 0 spiro atoms. The smallest absolute Gasteiger partial charge is 0.262 e. The number of anilines is 2. The van der Waals surface area contributed by atoms with Gasteiger partial charge in [0.2, 0.25) is 0 Å². The van der Waals surface area contributed by atoms with Gasteiger partial charge in [-0.1, -0.05) is 30.1 Å². The van der Waals surface area contributed by atoms with Gasteiger partial charge in [-0.15, -0.1) is 0 Å². The number of benzene rings is 1. The van der Waals surface area contributed by atoms with Gasteiger partial charge in [0, 0.05) is 11.6 Å². The first kappa shape index (κ1) is 17.4. The van der Waals surface area contributed by atoms with E-state index in [2.05, 4.69) is 22.5 Å². The number of amides is 1. The third kappa shape index (κ3) is 5.62. The number of ether oxygens (including phenoxy) is 1. The molecule has 0 aliphatic rings. The Kier molecular flexibility index (Phi) is 6.50. The number of carbonyl (C=O) groups excluding carboxylic acids is 1. The lowest BCUT2D eigenvalue weighted by Gasteiger charge is -2.09. The minimum absolute atomic E-state index is 0.156. The Labute approximate surface area is 145 Å². The Hall–Kier alpha value is -1.98. The van der Waals surface area contributed by atoms with E-state index in [0.29, 0.717) is 21.5 Å². The van der Waals surface area contributed by atoms with E-state index < -0.39 is 0 Å².